The first-order valence-electron chi connectivity index (χ1n) is 11.0. The quantitative estimate of drug-likeness (QED) is 0.608. The summed E-state index contributed by atoms with van der Waals surface area (Å²) in [7, 11) is 1.70. The van der Waals surface area contributed by atoms with E-state index in [-0.39, 0.29) is 18.4 Å². The fourth-order valence-corrected chi connectivity index (χ4v) is 4.33. The number of nitrogens with zero attached hydrogens (tertiary/aromatic N) is 5. The third-order valence-corrected chi connectivity index (χ3v) is 5.96. The van der Waals surface area contributed by atoms with Gasteiger partial charge in [-0.25, -0.2) is 0 Å². The molecule has 1 aliphatic rings. The molecule has 162 valence electrons. The Bertz CT molecular complexity index is 911. The first kappa shape index (κ1) is 21.2. The smallest absolute Gasteiger partial charge is 0.228 e. The molecule has 1 aliphatic heterocycles. The van der Waals surface area contributed by atoms with E-state index in [1.54, 1.807) is 7.05 Å². The van der Waals surface area contributed by atoms with Gasteiger partial charge in [-0.3, -0.25) is 4.79 Å². The number of piperidine rings is 1. The van der Waals surface area contributed by atoms with Gasteiger partial charge in [0.05, 0.1) is 13.5 Å². The van der Waals surface area contributed by atoms with Crippen LogP contribution in [-0.4, -0.2) is 56.7 Å². The largest absolute Gasteiger partial charge is 0.353 e. The van der Waals surface area contributed by atoms with Crippen LogP contribution in [0.2, 0.25) is 0 Å². The lowest BCUT2D eigenvalue weighted by atomic mass is 9.88. The molecular weight excluding hydrogens is 388 g/mol. The van der Waals surface area contributed by atoms with Crippen LogP contribution in [0.25, 0.3) is 0 Å². The summed E-state index contributed by atoms with van der Waals surface area (Å²) in [5.74, 6) is 0.837. The Morgan fingerprint density at radius 2 is 1.65 bits per heavy atom. The van der Waals surface area contributed by atoms with Gasteiger partial charge in [-0.2, -0.15) is 4.80 Å². The fourth-order valence-electron chi connectivity index (χ4n) is 4.33. The van der Waals surface area contributed by atoms with E-state index in [1.165, 1.54) is 15.9 Å². The Morgan fingerprint density at radius 3 is 2.19 bits per heavy atom. The summed E-state index contributed by atoms with van der Waals surface area (Å²) in [6, 6.07) is 21.8. The number of amides is 1. The van der Waals surface area contributed by atoms with Crippen LogP contribution in [0.15, 0.2) is 60.7 Å². The molecule has 1 N–H and O–H groups in total. The number of rotatable bonds is 8. The number of carbonyl (C=O) groups excluding carboxylic acids is 1. The normalized spacial score (nSPS) is 15.3. The Morgan fingerprint density at radius 1 is 1.03 bits per heavy atom. The van der Waals surface area contributed by atoms with Crippen LogP contribution in [0.5, 0.6) is 0 Å². The van der Waals surface area contributed by atoms with Crippen molar-refractivity contribution in [2.75, 3.05) is 19.6 Å². The molecule has 4 rings (SSSR count). The lowest BCUT2D eigenvalue weighted by Crippen LogP contribution is -2.45. The summed E-state index contributed by atoms with van der Waals surface area (Å²) >= 11 is 0. The van der Waals surface area contributed by atoms with Gasteiger partial charge < -0.3 is 10.2 Å². The molecule has 0 radical (unpaired) electrons. The van der Waals surface area contributed by atoms with E-state index in [9.17, 15) is 4.79 Å². The minimum Gasteiger partial charge on any atom is -0.353 e. The minimum atomic E-state index is -0.0281. The minimum absolute atomic E-state index is 0.0281. The van der Waals surface area contributed by atoms with Gasteiger partial charge in [0.15, 0.2) is 5.82 Å². The summed E-state index contributed by atoms with van der Waals surface area (Å²) in [5, 5.41) is 14.9. The zero-order valence-electron chi connectivity index (χ0n) is 18.0. The van der Waals surface area contributed by atoms with E-state index in [2.05, 4.69) is 86.3 Å². The molecule has 0 saturated carbocycles. The predicted octanol–water partition coefficient (Wildman–Crippen LogP) is 2.56. The summed E-state index contributed by atoms with van der Waals surface area (Å²) < 4.78 is 0. The van der Waals surface area contributed by atoms with Gasteiger partial charge in [-0.1, -0.05) is 60.7 Å². The first-order valence-corrected chi connectivity index (χ1v) is 11.0. The maximum atomic E-state index is 12.3. The molecule has 0 unspecified atom stereocenters. The van der Waals surface area contributed by atoms with E-state index in [0.29, 0.717) is 11.7 Å². The molecule has 7 nitrogen and oxygen atoms in total. The van der Waals surface area contributed by atoms with Crippen molar-refractivity contribution < 1.29 is 4.79 Å². The predicted molar refractivity (Wildman–Crippen MR) is 119 cm³/mol. The van der Waals surface area contributed by atoms with E-state index >= 15 is 0 Å². The van der Waals surface area contributed by atoms with Gasteiger partial charge in [0.1, 0.15) is 0 Å². The number of carbonyl (C=O) groups is 1. The highest BCUT2D eigenvalue weighted by molar-refractivity contribution is 5.77. The highest BCUT2D eigenvalue weighted by Gasteiger charge is 2.22. The van der Waals surface area contributed by atoms with Crippen LogP contribution < -0.4 is 5.32 Å². The van der Waals surface area contributed by atoms with Gasteiger partial charge in [-0.15, -0.1) is 10.2 Å². The average molecular weight is 419 g/mol. The van der Waals surface area contributed by atoms with Gasteiger partial charge in [0, 0.05) is 25.0 Å². The first-order chi connectivity index (χ1) is 15.2. The lowest BCUT2D eigenvalue weighted by molar-refractivity contribution is -0.121. The van der Waals surface area contributed by atoms with Crippen molar-refractivity contribution in [1.82, 2.24) is 30.4 Å². The van der Waals surface area contributed by atoms with Crippen molar-refractivity contribution in [3.63, 3.8) is 0 Å². The van der Waals surface area contributed by atoms with Gasteiger partial charge >= 0.3 is 0 Å². The molecule has 3 aromatic rings. The van der Waals surface area contributed by atoms with E-state index in [4.69, 9.17) is 0 Å². The number of likely N-dealkylation sites (tertiary alicyclic amines) is 1. The van der Waals surface area contributed by atoms with Crippen LogP contribution in [-0.2, 0) is 18.3 Å². The molecule has 1 aromatic heterocycles. The molecule has 1 amide bonds. The second-order valence-electron chi connectivity index (χ2n) is 8.22. The Kier molecular flexibility index (Phi) is 7.04. The Balaban J connectivity index is 1.26. The Labute approximate surface area is 183 Å². The molecule has 0 atom stereocenters. The number of aryl methyl sites for hydroxylation is 1. The van der Waals surface area contributed by atoms with Crippen LogP contribution in [0.4, 0.5) is 0 Å². The van der Waals surface area contributed by atoms with Crippen molar-refractivity contribution in [3.8, 4) is 0 Å². The molecule has 0 bridgehead atoms. The Hall–Kier alpha value is -3.06. The standard InChI is InChI=1S/C24H30N6O/c1-29-27-23(26-28-29)18-24(31)25-21-12-15-30(16-13-21)17-14-22(19-8-4-2-5-9-19)20-10-6-3-7-11-20/h2-11,21-22H,12-18H2,1H3,(H,25,31). The van der Waals surface area contributed by atoms with E-state index < -0.39 is 0 Å². The topological polar surface area (TPSA) is 75.9 Å². The highest BCUT2D eigenvalue weighted by atomic mass is 16.1. The molecule has 0 aliphatic carbocycles. The van der Waals surface area contributed by atoms with Crippen molar-refractivity contribution in [2.24, 2.45) is 7.05 Å². The molecular formula is C24H30N6O. The van der Waals surface area contributed by atoms with Crippen LogP contribution in [0.3, 0.4) is 0 Å². The van der Waals surface area contributed by atoms with Crippen molar-refractivity contribution >= 4 is 5.91 Å². The third kappa shape index (κ3) is 5.98. The maximum Gasteiger partial charge on any atom is 0.228 e. The third-order valence-electron chi connectivity index (χ3n) is 5.96. The number of aromatic nitrogens is 4. The molecule has 0 spiro atoms. The summed E-state index contributed by atoms with van der Waals surface area (Å²) in [5.41, 5.74) is 2.74. The van der Waals surface area contributed by atoms with Crippen LogP contribution in [0, 0.1) is 0 Å². The monoisotopic (exact) mass is 418 g/mol. The van der Waals surface area contributed by atoms with Crippen LogP contribution in [0.1, 0.15) is 42.1 Å². The van der Waals surface area contributed by atoms with Gasteiger partial charge in [-0.05, 0) is 42.1 Å². The summed E-state index contributed by atoms with van der Waals surface area (Å²) in [4.78, 5) is 16.2. The average Bonchev–Trinajstić information content (AvgIpc) is 3.21. The maximum absolute atomic E-state index is 12.3. The molecule has 2 aromatic carbocycles. The van der Waals surface area contributed by atoms with Crippen molar-refractivity contribution in [3.05, 3.63) is 77.6 Å². The number of hydrogen-bond acceptors (Lipinski definition) is 5. The van der Waals surface area contributed by atoms with Crippen LogP contribution >= 0.6 is 0 Å². The summed E-state index contributed by atoms with van der Waals surface area (Å²) in [6.45, 7) is 3.06. The second kappa shape index (κ2) is 10.3. The lowest BCUT2D eigenvalue weighted by Gasteiger charge is -2.33. The van der Waals surface area contributed by atoms with Crippen molar-refractivity contribution in [2.45, 2.75) is 37.6 Å². The second-order valence-corrected chi connectivity index (χ2v) is 8.22. The molecule has 2 heterocycles. The van der Waals surface area contributed by atoms with Crippen molar-refractivity contribution in [1.29, 1.82) is 0 Å². The molecule has 1 fully saturated rings. The number of tetrazole rings is 1. The molecule has 1 saturated heterocycles. The SMILES string of the molecule is Cn1nnc(CC(=O)NC2CCN(CCC(c3ccccc3)c3ccccc3)CC2)n1. The van der Waals surface area contributed by atoms with Gasteiger partial charge in [0.2, 0.25) is 5.91 Å². The molecule has 7 heteroatoms. The summed E-state index contributed by atoms with van der Waals surface area (Å²) in [6.07, 6.45) is 3.22. The zero-order chi connectivity index (χ0) is 21.5. The molecule has 31 heavy (non-hydrogen) atoms. The highest BCUT2D eigenvalue weighted by Crippen LogP contribution is 2.28. The zero-order valence-corrected chi connectivity index (χ0v) is 18.0. The van der Waals surface area contributed by atoms with E-state index in [0.717, 1.165) is 38.9 Å². The number of nitrogens with one attached hydrogen (secondary N) is 1. The fraction of sp³-hybridized carbons (Fsp3) is 0.417. The number of benzene rings is 2. The van der Waals surface area contributed by atoms with Gasteiger partial charge in [0.25, 0.3) is 0 Å². The van der Waals surface area contributed by atoms with E-state index in [1.807, 2.05) is 0 Å². The number of hydrogen-bond donors (Lipinski definition) is 1.